The van der Waals surface area contributed by atoms with Crippen molar-refractivity contribution in [2.24, 2.45) is 5.41 Å². The molecule has 0 aliphatic carbocycles. The van der Waals surface area contributed by atoms with Gasteiger partial charge in [0.15, 0.2) is 0 Å². The Kier molecular flexibility index (Phi) is 13.1. The van der Waals surface area contributed by atoms with Crippen molar-refractivity contribution < 1.29 is 59.5 Å². The molecule has 0 aromatic rings. The zero-order valence-corrected chi connectivity index (χ0v) is 13.0. The Morgan fingerprint density at radius 1 is 1.29 bits per heavy atom. The maximum Gasteiger partial charge on any atom is 2.00 e. The van der Waals surface area contributed by atoms with Crippen LogP contribution < -0.4 is 5.32 Å². The summed E-state index contributed by atoms with van der Waals surface area (Å²) in [5.74, 6) is -1.69. The first-order valence-electron chi connectivity index (χ1n) is 5.26. The minimum Gasteiger partial charge on any atom is -0.759 e. The molecule has 1 atom stereocenters. The Balaban J connectivity index is -0.000000465. The first-order valence-corrected chi connectivity index (χ1v) is 6.59. The maximum absolute atomic E-state index is 11.3. The summed E-state index contributed by atoms with van der Waals surface area (Å²) in [6.45, 7) is 2.70. The fourth-order valence-corrected chi connectivity index (χ4v) is 0.831. The minimum absolute atomic E-state index is 0. The third-order valence-corrected chi connectivity index (χ3v) is 2.03. The van der Waals surface area contributed by atoms with Crippen molar-refractivity contribution >= 4 is 22.3 Å². The second-order valence-corrected chi connectivity index (χ2v) is 5.21. The standard InChI is InChI=1S/C9H17NO5.Cu.H2O4S/c1-9(2,5-11)7(14)8(15)10-4-3-6(12)13;;1-5(2,3)4/h7,11,14H,3-5H2,1-2H3,(H,10,15)(H,12,13);;(H2,1,2,3,4)/q;+2;/p-2/t7-;;/m0../s1. The van der Waals surface area contributed by atoms with E-state index in [1.807, 2.05) is 0 Å². The molecule has 0 aliphatic heterocycles. The molecule has 1 radical (unpaired) electrons. The van der Waals surface area contributed by atoms with E-state index < -0.39 is 33.8 Å². The van der Waals surface area contributed by atoms with Crippen molar-refractivity contribution in [3.63, 3.8) is 0 Å². The molecular weight excluding hydrogens is 362 g/mol. The Morgan fingerprint density at radius 3 is 1.95 bits per heavy atom. The van der Waals surface area contributed by atoms with E-state index in [2.05, 4.69) is 5.32 Å². The topological polar surface area (TPSA) is 187 Å². The number of aliphatic carboxylic acids is 1. The Labute approximate surface area is 132 Å². The first kappa shape index (κ1) is 25.2. The minimum atomic E-state index is -5.17. The van der Waals surface area contributed by atoms with E-state index in [4.69, 9.17) is 27.7 Å². The first-order chi connectivity index (χ1) is 8.81. The molecule has 21 heavy (non-hydrogen) atoms. The number of rotatable bonds is 6. The van der Waals surface area contributed by atoms with Gasteiger partial charge in [-0.3, -0.25) is 18.0 Å². The number of carbonyl (C=O) groups is 2. The van der Waals surface area contributed by atoms with Crippen LogP contribution in [-0.4, -0.2) is 64.0 Å². The molecule has 0 aromatic heterocycles. The number of nitrogens with one attached hydrogen (secondary N) is 1. The van der Waals surface area contributed by atoms with Crippen molar-refractivity contribution in [2.75, 3.05) is 13.2 Å². The zero-order chi connectivity index (χ0) is 16.6. The summed E-state index contributed by atoms with van der Waals surface area (Å²) < 4.78 is 34.1. The van der Waals surface area contributed by atoms with Crippen molar-refractivity contribution in [1.29, 1.82) is 0 Å². The van der Waals surface area contributed by atoms with Gasteiger partial charge in [0.05, 0.1) is 13.0 Å². The molecule has 4 N–H and O–H groups in total. The second-order valence-electron chi connectivity index (χ2n) is 4.39. The van der Waals surface area contributed by atoms with Crippen molar-refractivity contribution in [2.45, 2.75) is 26.4 Å². The van der Waals surface area contributed by atoms with E-state index >= 15 is 0 Å². The van der Waals surface area contributed by atoms with Gasteiger partial charge in [-0.15, -0.1) is 0 Å². The summed E-state index contributed by atoms with van der Waals surface area (Å²) in [5, 5.41) is 29.0. The molecule has 0 saturated heterocycles. The summed E-state index contributed by atoms with van der Waals surface area (Å²) in [5.41, 5.74) is -0.937. The average Bonchev–Trinajstić information content (AvgIpc) is 2.25. The molecule has 0 rings (SSSR count). The van der Waals surface area contributed by atoms with Crippen LogP contribution in [0.4, 0.5) is 0 Å². The van der Waals surface area contributed by atoms with E-state index in [0.29, 0.717) is 0 Å². The van der Waals surface area contributed by atoms with Gasteiger partial charge in [-0.2, -0.15) is 0 Å². The molecule has 0 heterocycles. The number of amides is 1. The molecule has 0 bridgehead atoms. The third-order valence-electron chi connectivity index (χ3n) is 2.03. The Bertz CT molecular complexity index is 415. The molecule has 0 aromatic carbocycles. The van der Waals surface area contributed by atoms with Crippen LogP contribution in [0.2, 0.25) is 0 Å². The molecule has 0 saturated carbocycles. The zero-order valence-electron chi connectivity index (χ0n) is 11.2. The van der Waals surface area contributed by atoms with Gasteiger partial charge in [-0.1, -0.05) is 13.8 Å². The second kappa shape index (κ2) is 10.9. The summed E-state index contributed by atoms with van der Waals surface area (Å²) in [6, 6.07) is 0. The van der Waals surface area contributed by atoms with Crippen molar-refractivity contribution in [3.05, 3.63) is 0 Å². The molecule has 10 nitrogen and oxygen atoms in total. The van der Waals surface area contributed by atoms with Crippen LogP contribution in [0, 0.1) is 5.41 Å². The predicted octanol–water partition coefficient (Wildman–Crippen LogP) is -2.38. The molecule has 0 aliphatic rings. The molecule has 129 valence electrons. The SMILES string of the molecule is CC(C)(CO)[C@@H](O)C(=O)NCCC(=O)O.O=S(=O)([O-])[O-].[Cu+2]. The summed E-state index contributed by atoms with van der Waals surface area (Å²) in [4.78, 5) is 21.4. The average molecular weight is 379 g/mol. The van der Waals surface area contributed by atoms with Gasteiger partial charge in [0.25, 0.3) is 0 Å². The van der Waals surface area contributed by atoms with Gasteiger partial charge in [0.2, 0.25) is 5.91 Å². The molecule has 0 unspecified atom stereocenters. The van der Waals surface area contributed by atoms with Crippen LogP contribution in [0.5, 0.6) is 0 Å². The number of hydrogen-bond acceptors (Lipinski definition) is 8. The van der Waals surface area contributed by atoms with Crippen molar-refractivity contribution in [3.8, 4) is 0 Å². The fraction of sp³-hybridized carbons (Fsp3) is 0.778. The Hall–Kier alpha value is -0.751. The number of aliphatic hydroxyl groups excluding tert-OH is 2. The van der Waals surface area contributed by atoms with Gasteiger partial charge in [0.1, 0.15) is 6.10 Å². The molecule has 0 fully saturated rings. The molecule has 0 spiro atoms. The monoisotopic (exact) mass is 378 g/mol. The summed E-state index contributed by atoms with van der Waals surface area (Å²) >= 11 is 0. The van der Waals surface area contributed by atoms with E-state index in [1.165, 1.54) is 13.8 Å². The van der Waals surface area contributed by atoms with E-state index in [9.17, 15) is 14.7 Å². The van der Waals surface area contributed by atoms with E-state index in [1.54, 1.807) is 0 Å². The van der Waals surface area contributed by atoms with Crippen LogP contribution in [0.3, 0.4) is 0 Å². The van der Waals surface area contributed by atoms with E-state index in [0.717, 1.165) is 0 Å². The van der Waals surface area contributed by atoms with Gasteiger partial charge in [0, 0.05) is 22.4 Å². The van der Waals surface area contributed by atoms with Crippen molar-refractivity contribution in [1.82, 2.24) is 5.32 Å². The summed E-state index contributed by atoms with van der Waals surface area (Å²) in [7, 11) is -5.17. The number of aliphatic hydroxyl groups is 2. The van der Waals surface area contributed by atoms with Crippen LogP contribution in [0.1, 0.15) is 20.3 Å². The molecule has 12 heteroatoms. The van der Waals surface area contributed by atoms with Gasteiger partial charge < -0.3 is 29.7 Å². The number of carbonyl (C=O) groups excluding carboxylic acids is 1. The van der Waals surface area contributed by atoms with Gasteiger partial charge in [-0.05, 0) is 0 Å². The fourth-order valence-electron chi connectivity index (χ4n) is 0.831. The number of carboxylic acid groups (broad SMARTS) is 1. The van der Waals surface area contributed by atoms with E-state index in [-0.39, 0.29) is 36.6 Å². The predicted molar refractivity (Wildman–Crippen MR) is 62.6 cm³/mol. The van der Waals surface area contributed by atoms with Crippen LogP contribution >= 0.6 is 0 Å². The molecular formula is C9H17CuNO9S. The smallest absolute Gasteiger partial charge is 0.759 e. The van der Waals surface area contributed by atoms with Crippen LogP contribution in [0.25, 0.3) is 0 Å². The van der Waals surface area contributed by atoms with Crippen LogP contribution in [-0.2, 0) is 37.1 Å². The largest absolute Gasteiger partial charge is 2.00 e. The molecule has 1 amide bonds. The number of carboxylic acids is 1. The number of hydrogen-bond donors (Lipinski definition) is 4. The normalized spacial score (nSPS) is 12.3. The quantitative estimate of drug-likeness (QED) is 0.222. The third kappa shape index (κ3) is 17.2. The summed E-state index contributed by atoms with van der Waals surface area (Å²) in [6.07, 6.45) is -1.55. The van der Waals surface area contributed by atoms with Gasteiger partial charge in [-0.25, -0.2) is 0 Å². The maximum atomic E-state index is 11.3. The van der Waals surface area contributed by atoms with Crippen LogP contribution in [0.15, 0.2) is 0 Å². The Morgan fingerprint density at radius 2 is 1.67 bits per heavy atom. The van der Waals surface area contributed by atoms with Gasteiger partial charge >= 0.3 is 23.0 Å².